The molecule has 1 aromatic heterocycles. The molecular formula is C11H16N2O2S. The Hall–Kier alpha value is -0.940. The van der Waals surface area contributed by atoms with Gasteiger partial charge in [0.25, 0.3) is 0 Å². The van der Waals surface area contributed by atoms with Gasteiger partial charge in [-0.1, -0.05) is 6.92 Å². The van der Waals surface area contributed by atoms with Gasteiger partial charge >= 0.3 is 0 Å². The standard InChI is InChI=1S/C11H16N2O2S/c1-2-10-12-8(7-16-10)3-4-13-6-9(14)5-11(13)15/h7,9,14H,2-6H2,1H3. The number of aromatic nitrogens is 1. The molecule has 0 aliphatic carbocycles. The molecule has 1 aliphatic rings. The number of hydrogen-bond donors (Lipinski definition) is 1. The van der Waals surface area contributed by atoms with Crippen molar-refractivity contribution in [3.63, 3.8) is 0 Å². The van der Waals surface area contributed by atoms with Crippen LogP contribution in [-0.2, 0) is 17.6 Å². The maximum absolute atomic E-state index is 11.4. The molecule has 1 aliphatic heterocycles. The normalized spacial score (nSPS) is 20.8. The Bertz CT molecular complexity index is 378. The lowest BCUT2D eigenvalue weighted by molar-refractivity contribution is -0.127. The predicted octanol–water partition coefficient (Wildman–Crippen LogP) is 0.841. The SMILES string of the molecule is CCc1nc(CCN2CC(O)CC2=O)cs1. The van der Waals surface area contributed by atoms with Gasteiger partial charge in [0, 0.05) is 24.9 Å². The number of β-amino-alcohol motifs (C(OH)–C–C–N with tert-alkyl or cyclic N) is 1. The van der Waals surface area contributed by atoms with Crippen LogP contribution in [0.3, 0.4) is 0 Å². The van der Waals surface area contributed by atoms with Crippen LogP contribution in [0.25, 0.3) is 0 Å². The fourth-order valence-electron chi connectivity index (χ4n) is 1.84. The van der Waals surface area contributed by atoms with Crippen LogP contribution in [0.1, 0.15) is 24.0 Å². The molecule has 0 spiro atoms. The molecule has 0 bridgehead atoms. The number of rotatable bonds is 4. The third-order valence-electron chi connectivity index (χ3n) is 2.73. The van der Waals surface area contributed by atoms with Crippen molar-refractivity contribution in [3.05, 3.63) is 16.1 Å². The van der Waals surface area contributed by atoms with E-state index in [1.807, 2.05) is 0 Å². The van der Waals surface area contributed by atoms with Crippen LogP contribution < -0.4 is 0 Å². The van der Waals surface area contributed by atoms with E-state index in [0.29, 0.717) is 13.1 Å². The first kappa shape index (κ1) is 11.5. The van der Waals surface area contributed by atoms with Gasteiger partial charge in [0.2, 0.25) is 5.91 Å². The lowest BCUT2D eigenvalue weighted by Crippen LogP contribution is -2.28. The number of likely N-dealkylation sites (tertiary alicyclic amines) is 1. The Morgan fingerprint density at radius 3 is 3.06 bits per heavy atom. The van der Waals surface area contributed by atoms with Crippen molar-refractivity contribution in [3.8, 4) is 0 Å². The molecule has 16 heavy (non-hydrogen) atoms. The van der Waals surface area contributed by atoms with Gasteiger partial charge in [-0.05, 0) is 6.42 Å². The summed E-state index contributed by atoms with van der Waals surface area (Å²) >= 11 is 1.67. The van der Waals surface area contributed by atoms with E-state index in [0.717, 1.165) is 23.5 Å². The predicted molar refractivity (Wildman–Crippen MR) is 62.4 cm³/mol. The highest BCUT2D eigenvalue weighted by molar-refractivity contribution is 7.09. The molecule has 1 amide bonds. The summed E-state index contributed by atoms with van der Waals surface area (Å²) in [6, 6.07) is 0. The molecule has 1 saturated heterocycles. The molecule has 5 heteroatoms. The Morgan fingerprint density at radius 2 is 2.50 bits per heavy atom. The second-order valence-electron chi connectivity index (χ2n) is 4.03. The molecule has 0 radical (unpaired) electrons. The van der Waals surface area contributed by atoms with Crippen molar-refractivity contribution < 1.29 is 9.90 Å². The largest absolute Gasteiger partial charge is 0.391 e. The van der Waals surface area contributed by atoms with Gasteiger partial charge in [0.1, 0.15) is 0 Å². The van der Waals surface area contributed by atoms with E-state index in [1.165, 1.54) is 0 Å². The number of carbonyl (C=O) groups is 1. The van der Waals surface area contributed by atoms with Crippen LogP contribution in [0.5, 0.6) is 0 Å². The van der Waals surface area contributed by atoms with E-state index >= 15 is 0 Å². The van der Waals surface area contributed by atoms with Gasteiger partial charge in [-0.3, -0.25) is 4.79 Å². The summed E-state index contributed by atoms with van der Waals surface area (Å²) in [5.74, 6) is 0.0541. The quantitative estimate of drug-likeness (QED) is 0.848. The molecule has 0 aromatic carbocycles. The summed E-state index contributed by atoms with van der Waals surface area (Å²) < 4.78 is 0. The number of aliphatic hydroxyl groups excluding tert-OH is 1. The topological polar surface area (TPSA) is 53.4 Å². The van der Waals surface area contributed by atoms with E-state index in [1.54, 1.807) is 16.2 Å². The molecule has 1 fully saturated rings. The molecule has 2 heterocycles. The van der Waals surface area contributed by atoms with Gasteiger partial charge < -0.3 is 10.0 Å². The van der Waals surface area contributed by atoms with Gasteiger partial charge in [0.05, 0.1) is 23.2 Å². The highest BCUT2D eigenvalue weighted by Gasteiger charge is 2.27. The summed E-state index contributed by atoms with van der Waals surface area (Å²) in [6.45, 7) is 3.23. The van der Waals surface area contributed by atoms with Gasteiger partial charge in [-0.25, -0.2) is 4.98 Å². The van der Waals surface area contributed by atoms with Gasteiger partial charge in [0.15, 0.2) is 0 Å². The minimum Gasteiger partial charge on any atom is -0.391 e. The molecule has 4 nitrogen and oxygen atoms in total. The zero-order valence-corrected chi connectivity index (χ0v) is 10.2. The number of nitrogens with zero attached hydrogens (tertiary/aromatic N) is 2. The third-order valence-corrected chi connectivity index (χ3v) is 3.78. The molecular weight excluding hydrogens is 224 g/mol. The van der Waals surface area contributed by atoms with E-state index in [9.17, 15) is 9.90 Å². The van der Waals surface area contributed by atoms with Crippen molar-refractivity contribution in [2.24, 2.45) is 0 Å². The zero-order valence-electron chi connectivity index (χ0n) is 9.35. The molecule has 1 N–H and O–H groups in total. The fraction of sp³-hybridized carbons (Fsp3) is 0.636. The van der Waals surface area contributed by atoms with Crippen molar-refractivity contribution >= 4 is 17.2 Å². The maximum Gasteiger partial charge on any atom is 0.225 e. The van der Waals surface area contributed by atoms with E-state index < -0.39 is 6.10 Å². The number of hydrogen-bond acceptors (Lipinski definition) is 4. The molecule has 1 unspecified atom stereocenters. The summed E-state index contributed by atoms with van der Waals surface area (Å²) in [4.78, 5) is 17.6. The van der Waals surface area contributed by atoms with Crippen LogP contribution in [0.4, 0.5) is 0 Å². The minimum atomic E-state index is -0.478. The van der Waals surface area contributed by atoms with Crippen LogP contribution in [0, 0.1) is 0 Å². The molecule has 1 atom stereocenters. The summed E-state index contributed by atoms with van der Waals surface area (Å²) in [5.41, 5.74) is 1.05. The van der Waals surface area contributed by atoms with Crippen LogP contribution in [0.15, 0.2) is 5.38 Å². The average molecular weight is 240 g/mol. The lowest BCUT2D eigenvalue weighted by Gasteiger charge is -2.14. The summed E-state index contributed by atoms with van der Waals surface area (Å²) in [6.07, 6.45) is 1.55. The first-order valence-corrected chi connectivity index (χ1v) is 6.46. The maximum atomic E-state index is 11.4. The second-order valence-corrected chi connectivity index (χ2v) is 4.98. The monoisotopic (exact) mass is 240 g/mol. The number of aryl methyl sites for hydroxylation is 1. The zero-order chi connectivity index (χ0) is 11.5. The molecule has 0 saturated carbocycles. The van der Waals surface area contributed by atoms with Gasteiger partial charge in [-0.2, -0.15) is 0 Å². The van der Waals surface area contributed by atoms with Crippen LogP contribution in [0.2, 0.25) is 0 Å². The summed E-state index contributed by atoms with van der Waals surface area (Å²) in [7, 11) is 0. The Balaban J connectivity index is 1.85. The first-order chi connectivity index (χ1) is 7.69. The fourth-order valence-corrected chi connectivity index (χ4v) is 2.62. The number of thiazole rings is 1. The third kappa shape index (κ3) is 2.59. The number of amides is 1. The Morgan fingerprint density at radius 1 is 1.69 bits per heavy atom. The van der Waals surface area contributed by atoms with Crippen LogP contribution in [-0.4, -0.2) is 40.1 Å². The van der Waals surface area contributed by atoms with Crippen molar-refractivity contribution in [1.82, 2.24) is 9.88 Å². The van der Waals surface area contributed by atoms with E-state index in [-0.39, 0.29) is 12.3 Å². The second kappa shape index (κ2) is 4.93. The van der Waals surface area contributed by atoms with E-state index in [2.05, 4.69) is 17.3 Å². The smallest absolute Gasteiger partial charge is 0.225 e. The first-order valence-electron chi connectivity index (χ1n) is 5.58. The number of aliphatic hydroxyl groups is 1. The van der Waals surface area contributed by atoms with Crippen molar-refractivity contribution in [2.75, 3.05) is 13.1 Å². The lowest BCUT2D eigenvalue weighted by atomic mass is 10.3. The highest BCUT2D eigenvalue weighted by atomic mass is 32.1. The summed E-state index contributed by atoms with van der Waals surface area (Å²) in [5, 5.41) is 12.5. The van der Waals surface area contributed by atoms with Crippen molar-refractivity contribution in [2.45, 2.75) is 32.3 Å². The average Bonchev–Trinajstić information content (AvgIpc) is 2.82. The molecule has 88 valence electrons. The van der Waals surface area contributed by atoms with E-state index in [4.69, 9.17) is 0 Å². The van der Waals surface area contributed by atoms with Crippen molar-refractivity contribution in [1.29, 1.82) is 0 Å². The minimum absolute atomic E-state index is 0.0541. The number of carbonyl (C=O) groups excluding carboxylic acids is 1. The Kier molecular flexibility index (Phi) is 3.56. The highest BCUT2D eigenvalue weighted by Crippen LogP contribution is 2.14. The van der Waals surface area contributed by atoms with Crippen LogP contribution >= 0.6 is 11.3 Å². The Labute approximate surface area is 98.9 Å². The molecule has 2 rings (SSSR count). The molecule has 1 aromatic rings. The van der Waals surface area contributed by atoms with Gasteiger partial charge in [-0.15, -0.1) is 11.3 Å².